The standard InChI is InChI=1S/C16H20ClN3O/c1-11(2)15-18-16(21-19-15)14-8-5-9-20(14)10-12-6-3-4-7-13(12)17/h3-4,6-7,11,14H,5,8-10H2,1-2H3/t14-/m0/s1. The van der Waals surface area contributed by atoms with Crippen molar-refractivity contribution in [3.63, 3.8) is 0 Å². The van der Waals surface area contributed by atoms with E-state index < -0.39 is 0 Å². The van der Waals surface area contributed by atoms with Crippen LogP contribution in [-0.4, -0.2) is 21.6 Å². The summed E-state index contributed by atoms with van der Waals surface area (Å²) in [5.74, 6) is 1.82. The fourth-order valence-corrected chi connectivity index (χ4v) is 2.95. The molecule has 4 nitrogen and oxygen atoms in total. The highest BCUT2D eigenvalue weighted by molar-refractivity contribution is 6.31. The molecule has 112 valence electrons. The van der Waals surface area contributed by atoms with Crippen LogP contribution in [0.4, 0.5) is 0 Å². The topological polar surface area (TPSA) is 42.2 Å². The molecule has 1 aromatic heterocycles. The van der Waals surface area contributed by atoms with Crippen LogP contribution in [0.1, 0.15) is 55.9 Å². The Labute approximate surface area is 130 Å². The average molecular weight is 306 g/mol. The molecule has 1 fully saturated rings. The van der Waals surface area contributed by atoms with Crippen LogP contribution in [0.25, 0.3) is 0 Å². The molecular weight excluding hydrogens is 286 g/mol. The summed E-state index contributed by atoms with van der Waals surface area (Å²) in [5.41, 5.74) is 1.15. The maximum atomic E-state index is 6.26. The lowest BCUT2D eigenvalue weighted by atomic mass is 10.1. The van der Waals surface area contributed by atoms with E-state index >= 15 is 0 Å². The zero-order valence-electron chi connectivity index (χ0n) is 12.4. The summed E-state index contributed by atoms with van der Waals surface area (Å²) >= 11 is 6.26. The molecule has 0 aliphatic carbocycles. The van der Waals surface area contributed by atoms with Gasteiger partial charge in [0, 0.05) is 17.5 Å². The number of likely N-dealkylation sites (tertiary alicyclic amines) is 1. The molecule has 1 atom stereocenters. The number of aromatic nitrogens is 2. The predicted molar refractivity (Wildman–Crippen MR) is 82.2 cm³/mol. The van der Waals surface area contributed by atoms with E-state index in [9.17, 15) is 0 Å². The van der Waals surface area contributed by atoms with Gasteiger partial charge in [0.25, 0.3) is 0 Å². The van der Waals surface area contributed by atoms with Crippen molar-refractivity contribution in [2.45, 2.75) is 45.2 Å². The smallest absolute Gasteiger partial charge is 0.244 e. The van der Waals surface area contributed by atoms with Crippen LogP contribution in [-0.2, 0) is 6.54 Å². The van der Waals surface area contributed by atoms with Crippen molar-refractivity contribution < 1.29 is 4.52 Å². The minimum atomic E-state index is 0.210. The van der Waals surface area contributed by atoms with Crippen molar-refractivity contribution >= 4 is 11.6 Å². The zero-order chi connectivity index (χ0) is 14.8. The van der Waals surface area contributed by atoms with Crippen LogP contribution >= 0.6 is 11.6 Å². The minimum Gasteiger partial charge on any atom is -0.338 e. The predicted octanol–water partition coefficient (Wildman–Crippen LogP) is 4.18. The summed E-state index contributed by atoms with van der Waals surface area (Å²) in [6.07, 6.45) is 2.21. The van der Waals surface area contributed by atoms with Gasteiger partial charge in [-0.15, -0.1) is 0 Å². The first-order valence-corrected chi connectivity index (χ1v) is 7.84. The molecule has 2 aromatic rings. The molecule has 1 aliphatic rings. The van der Waals surface area contributed by atoms with Crippen molar-refractivity contribution in [1.29, 1.82) is 0 Å². The third-order valence-corrected chi connectivity index (χ3v) is 4.32. The Balaban J connectivity index is 1.77. The molecule has 1 aromatic carbocycles. The molecule has 1 aliphatic heterocycles. The average Bonchev–Trinajstić information content (AvgIpc) is 3.09. The van der Waals surface area contributed by atoms with Gasteiger partial charge in [-0.2, -0.15) is 4.98 Å². The maximum Gasteiger partial charge on any atom is 0.244 e. The van der Waals surface area contributed by atoms with Crippen molar-refractivity contribution in [2.75, 3.05) is 6.54 Å². The Morgan fingerprint density at radius 3 is 2.90 bits per heavy atom. The Bertz CT molecular complexity index is 611. The van der Waals surface area contributed by atoms with Crippen LogP contribution in [0.5, 0.6) is 0 Å². The molecule has 0 bridgehead atoms. The summed E-state index contributed by atoms with van der Waals surface area (Å²) in [4.78, 5) is 6.93. The van der Waals surface area contributed by atoms with Gasteiger partial charge in [-0.1, -0.05) is 48.8 Å². The molecule has 3 rings (SSSR count). The van der Waals surface area contributed by atoms with Crippen molar-refractivity contribution in [3.05, 3.63) is 46.6 Å². The summed E-state index contributed by atoms with van der Waals surface area (Å²) in [5, 5.41) is 4.90. The van der Waals surface area contributed by atoms with Gasteiger partial charge < -0.3 is 4.52 Å². The fraction of sp³-hybridized carbons (Fsp3) is 0.500. The van der Waals surface area contributed by atoms with Crippen molar-refractivity contribution in [1.82, 2.24) is 15.0 Å². The minimum absolute atomic E-state index is 0.210. The molecule has 0 amide bonds. The van der Waals surface area contributed by atoms with Gasteiger partial charge in [0.15, 0.2) is 5.82 Å². The Morgan fingerprint density at radius 2 is 2.19 bits per heavy atom. The second-order valence-corrected chi connectivity index (χ2v) is 6.27. The van der Waals surface area contributed by atoms with Gasteiger partial charge in [-0.25, -0.2) is 0 Å². The summed E-state index contributed by atoms with van der Waals surface area (Å²) in [6, 6.07) is 8.20. The van der Waals surface area contributed by atoms with Crippen molar-refractivity contribution in [2.24, 2.45) is 0 Å². The zero-order valence-corrected chi connectivity index (χ0v) is 13.2. The number of rotatable bonds is 4. The van der Waals surface area contributed by atoms with E-state index in [0.29, 0.717) is 5.92 Å². The molecular formula is C16H20ClN3O. The van der Waals surface area contributed by atoms with Crippen LogP contribution in [0.15, 0.2) is 28.8 Å². The molecule has 0 radical (unpaired) electrons. The normalized spacial score (nSPS) is 19.5. The molecule has 0 N–H and O–H groups in total. The molecule has 0 saturated carbocycles. The highest BCUT2D eigenvalue weighted by Crippen LogP contribution is 2.33. The molecule has 2 heterocycles. The van der Waals surface area contributed by atoms with E-state index in [1.165, 1.54) is 0 Å². The van der Waals surface area contributed by atoms with Crippen LogP contribution < -0.4 is 0 Å². The molecule has 0 spiro atoms. The third-order valence-electron chi connectivity index (χ3n) is 3.95. The quantitative estimate of drug-likeness (QED) is 0.849. The van der Waals surface area contributed by atoms with Gasteiger partial charge in [0.2, 0.25) is 5.89 Å². The van der Waals surface area contributed by atoms with E-state index in [1.54, 1.807) is 0 Å². The van der Waals surface area contributed by atoms with Crippen LogP contribution in [0, 0.1) is 0 Å². The van der Waals surface area contributed by atoms with E-state index in [1.807, 2.05) is 18.2 Å². The van der Waals surface area contributed by atoms with Crippen LogP contribution in [0.3, 0.4) is 0 Å². The van der Waals surface area contributed by atoms with E-state index in [0.717, 1.165) is 48.2 Å². The molecule has 0 unspecified atom stereocenters. The Morgan fingerprint density at radius 1 is 1.38 bits per heavy atom. The molecule has 21 heavy (non-hydrogen) atoms. The van der Waals surface area contributed by atoms with Gasteiger partial charge >= 0.3 is 0 Å². The van der Waals surface area contributed by atoms with Gasteiger partial charge in [0.1, 0.15) is 0 Å². The third kappa shape index (κ3) is 3.11. The van der Waals surface area contributed by atoms with E-state index in [2.05, 4.69) is 35.0 Å². The first-order valence-electron chi connectivity index (χ1n) is 7.46. The number of halogens is 1. The first-order chi connectivity index (χ1) is 10.1. The van der Waals surface area contributed by atoms with Gasteiger partial charge in [0.05, 0.1) is 6.04 Å². The number of hydrogen-bond donors (Lipinski definition) is 0. The Hall–Kier alpha value is -1.39. The summed E-state index contributed by atoms with van der Waals surface area (Å²) < 4.78 is 5.47. The first kappa shape index (κ1) is 14.5. The van der Waals surface area contributed by atoms with Crippen LogP contribution in [0.2, 0.25) is 5.02 Å². The van der Waals surface area contributed by atoms with Crippen molar-refractivity contribution in [3.8, 4) is 0 Å². The number of benzene rings is 1. The highest BCUT2D eigenvalue weighted by atomic mass is 35.5. The van der Waals surface area contributed by atoms with Gasteiger partial charge in [-0.05, 0) is 31.0 Å². The second-order valence-electron chi connectivity index (χ2n) is 5.87. The lowest BCUT2D eigenvalue weighted by Crippen LogP contribution is -2.23. The Kier molecular flexibility index (Phi) is 4.27. The largest absolute Gasteiger partial charge is 0.338 e. The molecule has 5 heteroatoms. The number of nitrogens with zero attached hydrogens (tertiary/aromatic N) is 3. The molecule has 1 saturated heterocycles. The van der Waals surface area contributed by atoms with Gasteiger partial charge in [-0.3, -0.25) is 4.90 Å². The summed E-state index contributed by atoms with van der Waals surface area (Å²) in [6.45, 7) is 6.01. The lowest BCUT2D eigenvalue weighted by molar-refractivity contribution is 0.201. The van der Waals surface area contributed by atoms with E-state index in [4.69, 9.17) is 16.1 Å². The lowest BCUT2D eigenvalue weighted by Gasteiger charge is -2.22. The maximum absolute atomic E-state index is 6.26. The second kappa shape index (κ2) is 6.16. The van der Waals surface area contributed by atoms with E-state index in [-0.39, 0.29) is 6.04 Å². The SMILES string of the molecule is CC(C)c1noc([C@@H]2CCCN2Cc2ccccc2Cl)n1. The highest BCUT2D eigenvalue weighted by Gasteiger charge is 2.31. The summed E-state index contributed by atoms with van der Waals surface area (Å²) in [7, 11) is 0. The monoisotopic (exact) mass is 305 g/mol. The number of hydrogen-bond acceptors (Lipinski definition) is 4. The fourth-order valence-electron chi connectivity index (χ4n) is 2.76.